The summed E-state index contributed by atoms with van der Waals surface area (Å²) < 4.78 is 13.6. The van der Waals surface area contributed by atoms with Crippen LogP contribution in [0.15, 0.2) is 78.9 Å². The third kappa shape index (κ3) is 7.44. The van der Waals surface area contributed by atoms with E-state index < -0.39 is 24.6 Å². The monoisotopic (exact) mass is 475 g/mol. The van der Waals surface area contributed by atoms with Crippen molar-refractivity contribution in [1.29, 1.82) is 0 Å². The van der Waals surface area contributed by atoms with Gasteiger partial charge in [-0.1, -0.05) is 80.6 Å². The van der Waals surface area contributed by atoms with Crippen molar-refractivity contribution in [2.45, 2.75) is 44.8 Å². The molecule has 6 heteroatoms. The Kier molecular flexibility index (Phi) is 9.06. The van der Waals surface area contributed by atoms with Gasteiger partial charge in [-0.05, 0) is 35.2 Å². The maximum absolute atomic E-state index is 13.6. The summed E-state index contributed by atoms with van der Waals surface area (Å²) in [6.07, 6.45) is 4.23. The van der Waals surface area contributed by atoms with Crippen LogP contribution in [0.3, 0.4) is 0 Å². The standard InChI is InChI=1S/C29H30FNO4/c1-19(2)29-25(11-7-6-10-23(32)16-24(33)17-28(34)35)26(20-12-14-22(30)15-13-20)18-27(31-29)21-8-4-3-5-9-21/h3-15,18-19,23-24,32-33H,16-17H2,1-2H3,(H,34,35)/t23-,24?/m1/s1. The minimum absolute atomic E-state index is 0.0674. The number of hydrogen-bond donors (Lipinski definition) is 3. The molecule has 5 nitrogen and oxygen atoms in total. The molecule has 2 aromatic carbocycles. The lowest BCUT2D eigenvalue weighted by atomic mass is 9.92. The number of carboxylic acids is 1. The van der Waals surface area contributed by atoms with E-state index >= 15 is 0 Å². The molecule has 0 radical (unpaired) electrons. The number of aliphatic carboxylic acids is 1. The van der Waals surface area contributed by atoms with Crippen LogP contribution in [0.4, 0.5) is 4.39 Å². The fraction of sp³-hybridized carbons (Fsp3) is 0.241. The Hall–Kier alpha value is -3.61. The Balaban J connectivity index is 1.98. The number of carbonyl (C=O) groups is 1. The van der Waals surface area contributed by atoms with Crippen molar-refractivity contribution >= 4 is 12.0 Å². The molecule has 0 saturated carbocycles. The van der Waals surface area contributed by atoms with E-state index in [1.54, 1.807) is 24.3 Å². The van der Waals surface area contributed by atoms with Crippen LogP contribution in [0.5, 0.6) is 0 Å². The summed E-state index contributed by atoms with van der Waals surface area (Å²) >= 11 is 0. The number of aliphatic hydroxyl groups excluding tert-OH is 2. The summed E-state index contributed by atoms with van der Waals surface area (Å²) in [5.41, 5.74) is 5.34. The van der Waals surface area contributed by atoms with Crippen LogP contribution in [0.1, 0.15) is 43.9 Å². The molecule has 0 aliphatic rings. The van der Waals surface area contributed by atoms with Gasteiger partial charge >= 0.3 is 5.97 Å². The molecule has 3 rings (SSSR count). The SMILES string of the molecule is CC(C)c1nc(-c2ccccc2)cc(-c2ccc(F)cc2)c1C=CC=C[C@@H](O)CC(O)CC(=O)O. The second-order valence-electron chi connectivity index (χ2n) is 8.68. The van der Waals surface area contributed by atoms with Crippen molar-refractivity contribution in [3.63, 3.8) is 0 Å². The van der Waals surface area contributed by atoms with Gasteiger partial charge in [0, 0.05) is 17.5 Å². The molecular weight excluding hydrogens is 445 g/mol. The number of pyridine rings is 1. The van der Waals surface area contributed by atoms with Gasteiger partial charge < -0.3 is 15.3 Å². The fourth-order valence-corrected chi connectivity index (χ4v) is 3.80. The second-order valence-corrected chi connectivity index (χ2v) is 8.68. The average molecular weight is 476 g/mol. The van der Waals surface area contributed by atoms with Gasteiger partial charge in [0.25, 0.3) is 0 Å². The van der Waals surface area contributed by atoms with Crippen LogP contribution in [0.25, 0.3) is 28.5 Å². The van der Waals surface area contributed by atoms with Crippen molar-refractivity contribution in [2.75, 3.05) is 0 Å². The number of halogens is 1. The number of nitrogens with zero attached hydrogens (tertiary/aromatic N) is 1. The minimum atomic E-state index is -1.12. The third-order valence-corrected chi connectivity index (χ3v) is 5.49. The van der Waals surface area contributed by atoms with E-state index in [-0.39, 0.29) is 18.2 Å². The topological polar surface area (TPSA) is 90.7 Å². The van der Waals surface area contributed by atoms with Gasteiger partial charge in [-0.25, -0.2) is 4.39 Å². The number of allylic oxidation sites excluding steroid dienone is 2. The minimum Gasteiger partial charge on any atom is -0.481 e. The first-order valence-corrected chi connectivity index (χ1v) is 11.5. The summed E-state index contributed by atoms with van der Waals surface area (Å²) in [7, 11) is 0. The van der Waals surface area contributed by atoms with Crippen LogP contribution in [-0.2, 0) is 4.79 Å². The zero-order valence-electron chi connectivity index (χ0n) is 19.8. The van der Waals surface area contributed by atoms with Gasteiger partial charge in [0.15, 0.2) is 0 Å². The number of benzene rings is 2. The van der Waals surface area contributed by atoms with Crippen molar-refractivity contribution in [1.82, 2.24) is 4.98 Å². The first-order valence-electron chi connectivity index (χ1n) is 11.5. The molecule has 0 aliphatic carbocycles. The lowest BCUT2D eigenvalue weighted by Gasteiger charge is -2.17. The average Bonchev–Trinajstić information content (AvgIpc) is 2.82. The van der Waals surface area contributed by atoms with E-state index in [0.717, 1.165) is 33.6 Å². The van der Waals surface area contributed by atoms with Gasteiger partial charge in [-0.2, -0.15) is 0 Å². The lowest BCUT2D eigenvalue weighted by Crippen LogP contribution is -2.19. The van der Waals surface area contributed by atoms with E-state index in [1.807, 2.05) is 42.5 Å². The largest absolute Gasteiger partial charge is 0.481 e. The number of aliphatic hydroxyl groups is 2. The summed E-state index contributed by atoms with van der Waals surface area (Å²) in [4.78, 5) is 15.6. The normalized spacial score (nSPS) is 13.5. The molecule has 35 heavy (non-hydrogen) atoms. The van der Waals surface area contributed by atoms with Gasteiger partial charge in [-0.15, -0.1) is 0 Å². The fourth-order valence-electron chi connectivity index (χ4n) is 3.80. The number of aromatic nitrogens is 1. The highest BCUT2D eigenvalue weighted by atomic mass is 19.1. The maximum Gasteiger partial charge on any atom is 0.305 e. The lowest BCUT2D eigenvalue weighted by molar-refractivity contribution is -0.139. The van der Waals surface area contributed by atoms with Crippen LogP contribution in [0.2, 0.25) is 0 Å². The van der Waals surface area contributed by atoms with E-state index in [9.17, 15) is 19.4 Å². The number of carboxylic acid groups (broad SMARTS) is 1. The van der Waals surface area contributed by atoms with E-state index in [0.29, 0.717) is 0 Å². The predicted octanol–water partition coefficient (Wildman–Crippen LogP) is 5.83. The Morgan fingerprint density at radius 1 is 1.00 bits per heavy atom. The second kappa shape index (κ2) is 12.2. The first kappa shape index (κ1) is 26.0. The Morgan fingerprint density at radius 2 is 1.69 bits per heavy atom. The molecule has 0 bridgehead atoms. The molecular formula is C29H30FNO4. The highest BCUT2D eigenvalue weighted by Crippen LogP contribution is 2.34. The van der Waals surface area contributed by atoms with Gasteiger partial charge in [0.05, 0.1) is 30.0 Å². The highest BCUT2D eigenvalue weighted by Gasteiger charge is 2.16. The van der Waals surface area contributed by atoms with Crippen molar-refractivity contribution in [2.24, 2.45) is 0 Å². The van der Waals surface area contributed by atoms with Crippen molar-refractivity contribution in [3.05, 3.63) is 96.0 Å². The van der Waals surface area contributed by atoms with Crippen LogP contribution in [-0.4, -0.2) is 38.5 Å². The van der Waals surface area contributed by atoms with Crippen LogP contribution in [0, 0.1) is 5.82 Å². The zero-order chi connectivity index (χ0) is 25.4. The first-order chi connectivity index (χ1) is 16.7. The Morgan fingerprint density at radius 3 is 2.31 bits per heavy atom. The summed E-state index contributed by atoms with van der Waals surface area (Å²) in [6, 6.07) is 18.2. The maximum atomic E-state index is 13.6. The molecule has 3 N–H and O–H groups in total. The zero-order valence-corrected chi connectivity index (χ0v) is 19.8. The van der Waals surface area contributed by atoms with E-state index in [1.165, 1.54) is 18.2 Å². The summed E-state index contributed by atoms with van der Waals surface area (Å²) in [6.45, 7) is 4.12. The molecule has 0 amide bonds. The molecule has 0 saturated heterocycles. The molecule has 1 aromatic heterocycles. The van der Waals surface area contributed by atoms with Crippen LogP contribution < -0.4 is 0 Å². The van der Waals surface area contributed by atoms with E-state index in [2.05, 4.69) is 13.8 Å². The smallest absolute Gasteiger partial charge is 0.305 e. The molecule has 182 valence electrons. The Labute approximate surface area is 204 Å². The van der Waals surface area contributed by atoms with Gasteiger partial charge in [0.2, 0.25) is 0 Å². The highest BCUT2D eigenvalue weighted by molar-refractivity contribution is 5.80. The summed E-state index contributed by atoms with van der Waals surface area (Å²) in [5, 5.41) is 28.5. The molecule has 1 unspecified atom stereocenters. The molecule has 3 aromatic rings. The van der Waals surface area contributed by atoms with Gasteiger partial charge in [-0.3, -0.25) is 9.78 Å². The summed E-state index contributed by atoms with van der Waals surface area (Å²) in [5.74, 6) is -1.32. The Bertz CT molecular complexity index is 1190. The van der Waals surface area contributed by atoms with Crippen molar-refractivity contribution < 1.29 is 24.5 Å². The van der Waals surface area contributed by atoms with Gasteiger partial charge in [0.1, 0.15) is 5.82 Å². The third-order valence-electron chi connectivity index (χ3n) is 5.49. The van der Waals surface area contributed by atoms with Crippen molar-refractivity contribution in [3.8, 4) is 22.4 Å². The van der Waals surface area contributed by atoms with E-state index in [4.69, 9.17) is 10.1 Å². The molecule has 0 spiro atoms. The molecule has 0 fully saturated rings. The molecule has 1 heterocycles. The molecule has 0 aliphatic heterocycles. The predicted molar refractivity (Wildman–Crippen MR) is 136 cm³/mol. The molecule has 2 atom stereocenters. The number of rotatable bonds is 10. The van der Waals surface area contributed by atoms with Crippen LogP contribution >= 0.6 is 0 Å². The quantitative estimate of drug-likeness (QED) is 0.321. The number of hydrogen-bond acceptors (Lipinski definition) is 4.